The summed E-state index contributed by atoms with van der Waals surface area (Å²) in [5, 5.41) is 2.75. The number of ether oxygens (including phenoxy) is 2. The monoisotopic (exact) mass is 406 g/mol. The maximum absolute atomic E-state index is 13.4. The molecule has 1 rings (SSSR count). The Kier molecular flexibility index (Phi) is 7.88. The van der Waals surface area contributed by atoms with Gasteiger partial charge in [0.1, 0.15) is 11.4 Å². The summed E-state index contributed by atoms with van der Waals surface area (Å²) in [6.45, 7) is 16.5. The first-order valence-corrected chi connectivity index (χ1v) is 10.1. The number of nitrogens with two attached hydrogens (primary N) is 1. The van der Waals surface area contributed by atoms with E-state index >= 15 is 0 Å². The van der Waals surface area contributed by atoms with Gasteiger partial charge >= 0.3 is 6.09 Å². The summed E-state index contributed by atoms with van der Waals surface area (Å²) in [6.07, 6.45) is -0.211. The number of ketones is 1. The molecular formula is C23H38N2O4. The zero-order valence-electron chi connectivity index (χ0n) is 19.4. The lowest BCUT2D eigenvalue weighted by molar-refractivity contribution is -0.132. The molecular weight excluding hydrogens is 368 g/mol. The second-order valence-corrected chi connectivity index (χ2v) is 9.92. The van der Waals surface area contributed by atoms with E-state index in [1.165, 1.54) is 0 Å². The second kappa shape index (κ2) is 9.16. The molecule has 1 aromatic carbocycles. The molecule has 0 bridgehead atoms. The zero-order chi connectivity index (χ0) is 22.6. The van der Waals surface area contributed by atoms with E-state index in [0.29, 0.717) is 6.42 Å². The first kappa shape index (κ1) is 25.0. The Bertz CT molecular complexity index is 695. The smallest absolute Gasteiger partial charge is 0.408 e. The predicted molar refractivity (Wildman–Crippen MR) is 116 cm³/mol. The van der Waals surface area contributed by atoms with Gasteiger partial charge in [-0.3, -0.25) is 4.79 Å². The maximum atomic E-state index is 13.4. The number of benzene rings is 1. The molecule has 0 heterocycles. The van der Waals surface area contributed by atoms with Gasteiger partial charge in [0.15, 0.2) is 5.78 Å². The third-order valence-corrected chi connectivity index (χ3v) is 4.97. The SMILES string of the molecule is CC(C)Oc1ccc(CC(NC(=O)OC(C)(C)C)C(=O)C(C)(C)C(C)(C)N)cc1. The van der Waals surface area contributed by atoms with Crippen LogP contribution in [0.4, 0.5) is 4.79 Å². The number of hydrogen-bond donors (Lipinski definition) is 2. The van der Waals surface area contributed by atoms with Crippen molar-refractivity contribution in [2.24, 2.45) is 11.1 Å². The van der Waals surface area contributed by atoms with Gasteiger partial charge in [0, 0.05) is 11.0 Å². The summed E-state index contributed by atoms with van der Waals surface area (Å²) in [7, 11) is 0. The molecule has 6 nitrogen and oxygen atoms in total. The highest BCUT2D eigenvalue weighted by molar-refractivity contribution is 5.93. The van der Waals surface area contributed by atoms with Crippen LogP contribution >= 0.6 is 0 Å². The van der Waals surface area contributed by atoms with E-state index in [0.717, 1.165) is 11.3 Å². The van der Waals surface area contributed by atoms with Crippen LogP contribution in [0.2, 0.25) is 0 Å². The van der Waals surface area contributed by atoms with Crippen LogP contribution < -0.4 is 15.8 Å². The average Bonchev–Trinajstić information content (AvgIpc) is 2.52. The fraction of sp³-hybridized carbons (Fsp3) is 0.652. The Balaban J connectivity index is 3.10. The van der Waals surface area contributed by atoms with E-state index in [1.807, 2.05) is 52.0 Å². The predicted octanol–water partition coefficient (Wildman–Crippen LogP) is 4.24. The number of carbonyl (C=O) groups excluding carboxylic acids is 2. The zero-order valence-corrected chi connectivity index (χ0v) is 19.4. The molecule has 1 unspecified atom stereocenters. The highest BCUT2D eigenvalue weighted by atomic mass is 16.6. The fourth-order valence-corrected chi connectivity index (χ4v) is 2.62. The van der Waals surface area contributed by atoms with Crippen LogP contribution in [-0.2, 0) is 16.0 Å². The molecule has 6 heteroatoms. The minimum absolute atomic E-state index is 0.0802. The Hall–Kier alpha value is -2.08. The lowest BCUT2D eigenvalue weighted by Gasteiger charge is -2.39. The quantitative estimate of drug-likeness (QED) is 0.674. The van der Waals surface area contributed by atoms with Crippen molar-refractivity contribution in [2.45, 2.75) is 92.0 Å². The molecule has 0 aliphatic rings. The molecule has 1 aromatic rings. The van der Waals surface area contributed by atoms with Crippen LogP contribution in [0.3, 0.4) is 0 Å². The molecule has 1 atom stereocenters. The van der Waals surface area contributed by atoms with E-state index in [4.69, 9.17) is 15.2 Å². The van der Waals surface area contributed by atoms with Crippen LogP contribution in [0.25, 0.3) is 0 Å². The molecule has 164 valence electrons. The second-order valence-electron chi connectivity index (χ2n) is 9.92. The number of carbonyl (C=O) groups is 2. The number of Topliss-reactive ketones (excluding diaryl/α,β-unsaturated/α-hetero) is 1. The van der Waals surface area contributed by atoms with E-state index < -0.39 is 28.7 Å². The molecule has 0 spiro atoms. The van der Waals surface area contributed by atoms with Crippen molar-refractivity contribution >= 4 is 11.9 Å². The minimum atomic E-state index is -0.854. The van der Waals surface area contributed by atoms with E-state index in [1.54, 1.807) is 34.6 Å². The topological polar surface area (TPSA) is 90.6 Å². The Morgan fingerprint density at radius 3 is 1.93 bits per heavy atom. The summed E-state index contributed by atoms with van der Waals surface area (Å²) in [5.41, 5.74) is 4.90. The average molecular weight is 407 g/mol. The van der Waals surface area contributed by atoms with Crippen LogP contribution in [0.15, 0.2) is 24.3 Å². The van der Waals surface area contributed by atoms with Gasteiger partial charge in [-0.15, -0.1) is 0 Å². The van der Waals surface area contributed by atoms with Crippen molar-refractivity contribution in [3.63, 3.8) is 0 Å². The number of nitrogens with one attached hydrogen (secondary N) is 1. The minimum Gasteiger partial charge on any atom is -0.491 e. The molecule has 3 N–H and O–H groups in total. The molecule has 0 radical (unpaired) electrons. The van der Waals surface area contributed by atoms with E-state index in [-0.39, 0.29) is 11.9 Å². The molecule has 0 aromatic heterocycles. The normalized spacial score (nSPS) is 13.8. The van der Waals surface area contributed by atoms with Crippen molar-refractivity contribution < 1.29 is 19.1 Å². The standard InChI is InChI=1S/C23H38N2O4/c1-15(2)28-17-12-10-16(11-13-17)14-18(25-20(27)29-21(3,4)5)19(26)22(6,7)23(8,9)24/h10-13,15,18H,14,24H2,1-9H3,(H,25,27). The first-order chi connectivity index (χ1) is 13.0. The highest BCUT2D eigenvalue weighted by Crippen LogP contribution is 2.31. The van der Waals surface area contributed by atoms with Crippen molar-refractivity contribution in [1.29, 1.82) is 0 Å². The Morgan fingerprint density at radius 2 is 1.52 bits per heavy atom. The Morgan fingerprint density at radius 1 is 1.00 bits per heavy atom. The van der Waals surface area contributed by atoms with Gasteiger partial charge in [0.2, 0.25) is 0 Å². The molecule has 0 fully saturated rings. The van der Waals surface area contributed by atoms with Crippen LogP contribution in [0, 0.1) is 5.41 Å². The summed E-state index contributed by atoms with van der Waals surface area (Å²) < 4.78 is 11.0. The number of hydrogen-bond acceptors (Lipinski definition) is 5. The van der Waals surface area contributed by atoms with Crippen LogP contribution in [0.1, 0.15) is 67.9 Å². The lowest BCUT2D eigenvalue weighted by Crippen LogP contribution is -2.58. The molecule has 0 aliphatic heterocycles. The van der Waals surface area contributed by atoms with Crippen molar-refractivity contribution in [3.8, 4) is 5.75 Å². The summed E-state index contributed by atoms with van der Waals surface area (Å²) in [6, 6.07) is 6.76. The van der Waals surface area contributed by atoms with E-state index in [2.05, 4.69) is 5.32 Å². The van der Waals surface area contributed by atoms with Crippen LogP contribution in [-0.4, -0.2) is 35.2 Å². The van der Waals surface area contributed by atoms with Gasteiger partial charge in [0.25, 0.3) is 0 Å². The van der Waals surface area contributed by atoms with Gasteiger partial charge in [-0.1, -0.05) is 26.0 Å². The van der Waals surface area contributed by atoms with Crippen molar-refractivity contribution in [3.05, 3.63) is 29.8 Å². The molecule has 29 heavy (non-hydrogen) atoms. The molecule has 0 saturated carbocycles. The highest BCUT2D eigenvalue weighted by Gasteiger charge is 2.44. The first-order valence-electron chi connectivity index (χ1n) is 10.1. The lowest BCUT2D eigenvalue weighted by atomic mass is 9.69. The van der Waals surface area contributed by atoms with Crippen molar-refractivity contribution in [2.75, 3.05) is 0 Å². The molecule has 0 aliphatic carbocycles. The van der Waals surface area contributed by atoms with Gasteiger partial charge in [-0.05, 0) is 72.6 Å². The van der Waals surface area contributed by atoms with Gasteiger partial charge in [-0.25, -0.2) is 4.79 Å². The number of alkyl carbamates (subject to hydrolysis) is 1. The van der Waals surface area contributed by atoms with Gasteiger partial charge in [0.05, 0.1) is 12.1 Å². The van der Waals surface area contributed by atoms with E-state index in [9.17, 15) is 9.59 Å². The third-order valence-electron chi connectivity index (χ3n) is 4.97. The number of rotatable bonds is 8. The van der Waals surface area contributed by atoms with Crippen molar-refractivity contribution in [1.82, 2.24) is 5.32 Å². The maximum Gasteiger partial charge on any atom is 0.408 e. The van der Waals surface area contributed by atoms with Gasteiger partial charge < -0.3 is 20.5 Å². The van der Waals surface area contributed by atoms with Crippen LogP contribution in [0.5, 0.6) is 5.75 Å². The largest absolute Gasteiger partial charge is 0.491 e. The number of amides is 1. The summed E-state index contributed by atoms with van der Waals surface area (Å²) in [5.74, 6) is 0.619. The fourth-order valence-electron chi connectivity index (χ4n) is 2.62. The summed E-state index contributed by atoms with van der Waals surface area (Å²) >= 11 is 0. The molecule has 1 amide bonds. The summed E-state index contributed by atoms with van der Waals surface area (Å²) in [4.78, 5) is 25.7. The Labute approximate surface area is 175 Å². The third kappa shape index (κ3) is 7.69. The van der Waals surface area contributed by atoms with Gasteiger partial charge in [-0.2, -0.15) is 0 Å². The molecule has 0 saturated heterocycles.